The summed E-state index contributed by atoms with van der Waals surface area (Å²) in [6.07, 6.45) is 4.53. The highest BCUT2D eigenvalue weighted by molar-refractivity contribution is 7.95. The van der Waals surface area contributed by atoms with Crippen LogP contribution in [0.1, 0.15) is 39.2 Å². The van der Waals surface area contributed by atoms with Gasteiger partial charge in [-0.1, -0.05) is 32.9 Å². The maximum Gasteiger partial charge on any atom is 0.265 e. The summed E-state index contributed by atoms with van der Waals surface area (Å²) in [6, 6.07) is 11.6. The van der Waals surface area contributed by atoms with Gasteiger partial charge in [-0.3, -0.25) is 4.31 Å². The second kappa shape index (κ2) is 11.9. The average molecular weight is 586 g/mol. The summed E-state index contributed by atoms with van der Waals surface area (Å²) >= 11 is 0. The molecule has 0 aromatic heterocycles. The normalized spacial score (nSPS) is 17.3. The van der Waals surface area contributed by atoms with Crippen molar-refractivity contribution in [3.05, 3.63) is 48.0 Å². The van der Waals surface area contributed by atoms with E-state index in [0.29, 0.717) is 44.0 Å². The van der Waals surface area contributed by atoms with Crippen molar-refractivity contribution in [2.45, 2.75) is 49.8 Å². The van der Waals surface area contributed by atoms with Gasteiger partial charge in [-0.2, -0.15) is 0 Å². The van der Waals surface area contributed by atoms with E-state index < -0.39 is 29.8 Å². The molecule has 1 aliphatic heterocycles. The highest BCUT2D eigenvalue weighted by Crippen LogP contribution is 2.32. The Labute approximate surface area is 228 Å². The number of anilines is 1. The Morgan fingerprint density at radius 3 is 2.08 bits per heavy atom. The fourth-order valence-electron chi connectivity index (χ4n) is 4.41. The number of hydrogen-bond acceptors (Lipinski definition) is 7. The summed E-state index contributed by atoms with van der Waals surface area (Å²) in [7, 11) is -10.8. The monoisotopic (exact) mass is 585 g/mol. The van der Waals surface area contributed by atoms with Crippen LogP contribution in [0.4, 0.5) is 5.69 Å². The van der Waals surface area contributed by atoms with E-state index in [0.717, 1.165) is 12.0 Å². The molecular weight excluding hydrogens is 547 g/mol. The fourth-order valence-corrected chi connectivity index (χ4v) is 8.55. The summed E-state index contributed by atoms with van der Waals surface area (Å²) in [6.45, 7) is 7.27. The standard InChI is InChI=1S/C26H39N3O6S3/c1-6-21-7-9-23(10-8-21)29(18-20(2)3)38(33,34)25-12-11-24(17-26(25)36(4,27)30)35-19-22-13-15-28(16-14-22)37(5,31)32/h7-12,17,20,22,27H,6,13-16,18-19H2,1-5H3. The predicted molar refractivity (Wildman–Crippen MR) is 151 cm³/mol. The Bertz CT molecular complexity index is 1430. The van der Waals surface area contributed by atoms with Crippen LogP contribution in [0.15, 0.2) is 52.3 Å². The van der Waals surface area contributed by atoms with Crippen LogP contribution in [0.3, 0.4) is 0 Å². The molecule has 1 N–H and O–H groups in total. The lowest BCUT2D eigenvalue weighted by atomic mass is 9.99. The van der Waals surface area contributed by atoms with Gasteiger partial charge in [0, 0.05) is 25.9 Å². The molecular formula is C26H39N3O6S3. The molecule has 1 fully saturated rings. The zero-order chi connectivity index (χ0) is 28.3. The van der Waals surface area contributed by atoms with Gasteiger partial charge in [0.2, 0.25) is 10.0 Å². The van der Waals surface area contributed by atoms with Gasteiger partial charge in [-0.05, 0) is 67.0 Å². The minimum atomic E-state index is -4.14. The molecule has 212 valence electrons. The summed E-state index contributed by atoms with van der Waals surface area (Å²) in [4.78, 5) is -0.269. The van der Waals surface area contributed by atoms with Gasteiger partial charge in [-0.25, -0.2) is 30.1 Å². The molecule has 1 unspecified atom stereocenters. The van der Waals surface area contributed by atoms with Crippen LogP contribution in [0.25, 0.3) is 0 Å². The van der Waals surface area contributed by atoms with Crippen LogP contribution in [-0.4, -0.2) is 64.1 Å². The molecule has 12 heteroatoms. The summed E-state index contributed by atoms with van der Waals surface area (Å²) < 4.78 is 81.3. The average Bonchev–Trinajstić information content (AvgIpc) is 2.85. The summed E-state index contributed by atoms with van der Waals surface area (Å²) in [5.41, 5.74) is 1.60. The first kappa shape index (κ1) is 30.4. The van der Waals surface area contributed by atoms with Crippen LogP contribution in [0.2, 0.25) is 0 Å². The van der Waals surface area contributed by atoms with Crippen LogP contribution in [0.5, 0.6) is 5.75 Å². The van der Waals surface area contributed by atoms with Crippen molar-refractivity contribution < 1.29 is 25.8 Å². The van der Waals surface area contributed by atoms with Crippen molar-refractivity contribution in [2.24, 2.45) is 11.8 Å². The van der Waals surface area contributed by atoms with E-state index in [1.807, 2.05) is 32.9 Å². The number of hydrogen-bond donors (Lipinski definition) is 1. The van der Waals surface area contributed by atoms with E-state index in [1.54, 1.807) is 12.1 Å². The highest BCUT2D eigenvalue weighted by Gasteiger charge is 2.31. The number of rotatable bonds is 11. The topological polar surface area (TPSA) is 125 Å². The SMILES string of the molecule is CCc1ccc(N(CC(C)C)S(=O)(=O)c2ccc(OCC3CCN(S(C)(=O)=O)CC3)cc2S(C)(=N)=O)cc1. The van der Waals surface area contributed by atoms with Gasteiger partial charge in [0.05, 0.1) is 33.2 Å². The lowest BCUT2D eigenvalue weighted by Crippen LogP contribution is -2.39. The lowest BCUT2D eigenvalue weighted by molar-refractivity contribution is 0.185. The van der Waals surface area contributed by atoms with E-state index in [9.17, 15) is 21.0 Å². The van der Waals surface area contributed by atoms with Crippen LogP contribution >= 0.6 is 0 Å². The van der Waals surface area contributed by atoms with Gasteiger partial charge in [-0.15, -0.1) is 0 Å². The van der Waals surface area contributed by atoms with E-state index in [4.69, 9.17) is 9.52 Å². The molecule has 1 atom stereocenters. The third-order valence-corrected chi connectivity index (χ3v) is 11.1. The fraction of sp³-hybridized carbons (Fsp3) is 0.538. The molecule has 0 saturated carbocycles. The number of ether oxygens (including phenoxy) is 1. The third kappa shape index (κ3) is 7.49. The zero-order valence-corrected chi connectivity index (χ0v) is 25.2. The zero-order valence-electron chi connectivity index (χ0n) is 22.7. The van der Waals surface area contributed by atoms with Crippen molar-refractivity contribution in [1.82, 2.24) is 4.31 Å². The number of sulfonamides is 2. The smallest absolute Gasteiger partial charge is 0.265 e. The first-order chi connectivity index (χ1) is 17.6. The maximum absolute atomic E-state index is 13.9. The Kier molecular flexibility index (Phi) is 9.54. The Morgan fingerprint density at radius 1 is 0.974 bits per heavy atom. The van der Waals surface area contributed by atoms with Gasteiger partial charge in [0.15, 0.2) is 0 Å². The van der Waals surface area contributed by atoms with Gasteiger partial charge in [0.25, 0.3) is 10.0 Å². The van der Waals surface area contributed by atoms with Crippen molar-refractivity contribution in [1.29, 1.82) is 4.78 Å². The first-order valence-electron chi connectivity index (χ1n) is 12.7. The van der Waals surface area contributed by atoms with Crippen LogP contribution in [-0.2, 0) is 36.2 Å². The van der Waals surface area contributed by atoms with E-state index in [2.05, 4.69) is 0 Å². The largest absolute Gasteiger partial charge is 0.493 e. The van der Waals surface area contributed by atoms with Crippen molar-refractivity contribution in [3.63, 3.8) is 0 Å². The molecule has 1 heterocycles. The molecule has 0 amide bonds. The lowest BCUT2D eigenvalue weighted by Gasteiger charge is -2.30. The minimum Gasteiger partial charge on any atom is -0.493 e. The molecule has 2 aromatic rings. The molecule has 0 bridgehead atoms. The Balaban J connectivity index is 1.89. The van der Waals surface area contributed by atoms with Crippen LogP contribution in [0, 0.1) is 16.6 Å². The predicted octanol–water partition coefficient (Wildman–Crippen LogP) is 4.19. The van der Waals surface area contributed by atoms with Gasteiger partial charge < -0.3 is 4.74 Å². The molecule has 9 nitrogen and oxygen atoms in total. The Hall–Kier alpha value is -2.15. The highest BCUT2D eigenvalue weighted by atomic mass is 32.2. The third-order valence-electron chi connectivity index (χ3n) is 6.59. The van der Waals surface area contributed by atoms with Crippen molar-refractivity contribution in [2.75, 3.05) is 43.1 Å². The number of piperidine rings is 1. The van der Waals surface area contributed by atoms with E-state index in [1.165, 1.54) is 39.3 Å². The van der Waals surface area contributed by atoms with Crippen LogP contribution < -0.4 is 9.04 Å². The second-order valence-electron chi connectivity index (χ2n) is 10.3. The summed E-state index contributed by atoms with van der Waals surface area (Å²) in [5, 5.41) is 0. The van der Waals surface area contributed by atoms with E-state index >= 15 is 0 Å². The number of aryl methyl sites for hydroxylation is 1. The quantitative estimate of drug-likeness (QED) is 0.422. The van der Waals surface area contributed by atoms with Crippen molar-refractivity contribution >= 4 is 35.5 Å². The van der Waals surface area contributed by atoms with Gasteiger partial charge in [0.1, 0.15) is 10.6 Å². The molecule has 1 aliphatic rings. The molecule has 38 heavy (non-hydrogen) atoms. The molecule has 0 spiro atoms. The molecule has 0 aliphatic carbocycles. The second-order valence-corrected chi connectivity index (χ2v) is 16.3. The Morgan fingerprint density at radius 2 is 1.58 bits per heavy atom. The molecule has 2 aromatic carbocycles. The number of nitrogens with one attached hydrogen (secondary N) is 1. The van der Waals surface area contributed by atoms with E-state index in [-0.39, 0.29) is 28.2 Å². The molecule has 3 rings (SSSR count). The number of nitrogens with zero attached hydrogens (tertiary/aromatic N) is 2. The first-order valence-corrected chi connectivity index (χ1v) is 18.0. The maximum atomic E-state index is 13.9. The molecule has 1 saturated heterocycles. The van der Waals surface area contributed by atoms with Gasteiger partial charge >= 0.3 is 0 Å². The molecule has 0 radical (unpaired) electrons. The number of benzene rings is 2. The van der Waals surface area contributed by atoms with Crippen molar-refractivity contribution in [3.8, 4) is 5.75 Å². The minimum absolute atomic E-state index is 0.0257. The summed E-state index contributed by atoms with van der Waals surface area (Å²) in [5.74, 6) is 0.487.